The summed E-state index contributed by atoms with van der Waals surface area (Å²) in [5.74, 6) is -1.05. The SMILES string of the molecule is CC.CC(C)Cc1sc(Nc2ccc(O)c(C(=O)O)c2)nc1-c1ccc(Cl)c(Cl)c1. The van der Waals surface area contributed by atoms with Crippen LogP contribution in [0, 0.1) is 5.92 Å². The van der Waals surface area contributed by atoms with Gasteiger partial charge in [0.05, 0.1) is 15.7 Å². The van der Waals surface area contributed by atoms with Crippen molar-refractivity contribution in [1.82, 2.24) is 4.98 Å². The number of anilines is 2. The van der Waals surface area contributed by atoms with Gasteiger partial charge in [-0.3, -0.25) is 0 Å². The van der Waals surface area contributed by atoms with Crippen LogP contribution >= 0.6 is 34.5 Å². The van der Waals surface area contributed by atoms with E-state index in [9.17, 15) is 15.0 Å². The van der Waals surface area contributed by atoms with Crippen LogP contribution in [0.25, 0.3) is 11.3 Å². The Morgan fingerprint density at radius 3 is 2.43 bits per heavy atom. The number of carboxylic acid groups (broad SMARTS) is 1. The highest BCUT2D eigenvalue weighted by Crippen LogP contribution is 2.37. The Morgan fingerprint density at radius 1 is 1.13 bits per heavy atom. The van der Waals surface area contributed by atoms with Gasteiger partial charge in [0.15, 0.2) is 5.13 Å². The van der Waals surface area contributed by atoms with Crippen LogP contribution in [-0.4, -0.2) is 21.2 Å². The molecule has 1 aromatic heterocycles. The van der Waals surface area contributed by atoms with Crippen molar-refractivity contribution in [2.75, 3.05) is 5.32 Å². The second-order valence-electron chi connectivity index (χ2n) is 6.68. The highest BCUT2D eigenvalue weighted by molar-refractivity contribution is 7.16. The van der Waals surface area contributed by atoms with Gasteiger partial charge in [0.1, 0.15) is 11.3 Å². The zero-order chi connectivity index (χ0) is 22.4. The Kier molecular flexibility index (Phi) is 8.53. The molecule has 8 heteroatoms. The second-order valence-corrected chi connectivity index (χ2v) is 8.58. The number of carboxylic acids is 1. The first-order valence-electron chi connectivity index (χ1n) is 9.53. The molecule has 5 nitrogen and oxygen atoms in total. The van der Waals surface area contributed by atoms with E-state index in [1.54, 1.807) is 18.2 Å². The van der Waals surface area contributed by atoms with Crippen LogP contribution in [0.5, 0.6) is 5.75 Å². The molecule has 0 unspecified atom stereocenters. The standard InChI is InChI=1S/C20H18Cl2N2O3S.C2H6/c1-10(2)7-17-18(11-3-5-14(21)15(22)8-11)24-20(28-17)23-12-4-6-16(25)13(9-12)19(26)27;1-2/h3-6,8-10,25H,7H2,1-2H3,(H,23,24)(H,26,27);1-2H3. The molecule has 160 valence electrons. The zero-order valence-electron chi connectivity index (χ0n) is 17.2. The molecule has 0 aliphatic heterocycles. The first-order valence-corrected chi connectivity index (χ1v) is 11.1. The molecule has 30 heavy (non-hydrogen) atoms. The fourth-order valence-corrected chi connectivity index (χ4v) is 4.21. The molecule has 3 N–H and O–H groups in total. The van der Waals surface area contributed by atoms with Crippen molar-refractivity contribution in [2.24, 2.45) is 5.92 Å². The zero-order valence-corrected chi connectivity index (χ0v) is 19.5. The van der Waals surface area contributed by atoms with Gasteiger partial charge in [-0.1, -0.05) is 57.0 Å². The van der Waals surface area contributed by atoms with Gasteiger partial charge in [-0.25, -0.2) is 9.78 Å². The normalized spacial score (nSPS) is 10.5. The molecule has 3 aromatic rings. The van der Waals surface area contributed by atoms with Crippen molar-refractivity contribution in [2.45, 2.75) is 34.1 Å². The van der Waals surface area contributed by atoms with Crippen LogP contribution in [0.15, 0.2) is 36.4 Å². The van der Waals surface area contributed by atoms with Crippen molar-refractivity contribution in [3.63, 3.8) is 0 Å². The molecule has 0 bridgehead atoms. The molecule has 0 saturated carbocycles. The summed E-state index contributed by atoms with van der Waals surface area (Å²) in [6.07, 6.45) is 0.838. The van der Waals surface area contributed by atoms with Crippen LogP contribution in [0.1, 0.15) is 42.9 Å². The molecule has 0 aliphatic carbocycles. The first-order chi connectivity index (χ1) is 14.2. The number of thiazole rings is 1. The third kappa shape index (κ3) is 5.88. The number of aromatic carboxylic acids is 1. The topological polar surface area (TPSA) is 82.5 Å². The van der Waals surface area contributed by atoms with E-state index in [1.165, 1.54) is 23.5 Å². The van der Waals surface area contributed by atoms with Gasteiger partial charge < -0.3 is 15.5 Å². The summed E-state index contributed by atoms with van der Waals surface area (Å²) < 4.78 is 0. The van der Waals surface area contributed by atoms with Gasteiger partial charge in [0.2, 0.25) is 0 Å². The Labute approximate surface area is 190 Å². The van der Waals surface area contributed by atoms with Gasteiger partial charge in [-0.2, -0.15) is 0 Å². The Morgan fingerprint density at radius 2 is 1.83 bits per heavy atom. The summed E-state index contributed by atoms with van der Waals surface area (Å²) in [5, 5.41) is 23.5. The summed E-state index contributed by atoms with van der Waals surface area (Å²) in [6.45, 7) is 8.26. The van der Waals surface area contributed by atoms with E-state index in [4.69, 9.17) is 28.2 Å². The van der Waals surface area contributed by atoms with E-state index in [2.05, 4.69) is 19.2 Å². The maximum Gasteiger partial charge on any atom is 0.339 e. The molecule has 0 spiro atoms. The fourth-order valence-electron chi connectivity index (χ4n) is 2.69. The Bertz CT molecular complexity index is 1040. The monoisotopic (exact) mass is 466 g/mol. The molecule has 3 rings (SSSR count). The Balaban J connectivity index is 0.00000155. The molecule has 0 fully saturated rings. The van der Waals surface area contributed by atoms with Gasteiger partial charge in [0, 0.05) is 16.1 Å². The number of benzene rings is 2. The van der Waals surface area contributed by atoms with E-state index >= 15 is 0 Å². The fraction of sp³-hybridized carbons (Fsp3) is 0.273. The number of hydrogen-bond acceptors (Lipinski definition) is 5. The summed E-state index contributed by atoms with van der Waals surface area (Å²) in [4.78, 5) is 17.0. The Hall–Kier alpha value is -2.28. The number of nitrogens with one attached hydrogen (secondary N) is 1. The van der Waals surface area contributed by atoms with Crippen LogP contribution in [0.3, 0.4) is 0 Å². The number of aromatic hydroxyl groups is 1. The van der Waals surface area contributed by atoms with E-state index in [0.29, 0.717) is 26.8 Å². The van der Waals surface area contributed by atoms with Crippen molar-refractivity contribution in [3.8, 4) is 17.0 Å². The molecule has 0 atom stereocenters. The van der Waals surface area contributed by atoms with E-state index < -0.39 is 5.97 Å². The average molecular weight is 467 g/mol. The van der Waals surface area contributed by atoms with E-state index in [0.717, 1.165) is 22.6 Å². The largest absolute Gasteiger partial charge is 0.507 e. The predicted molar refractivity (Wildman–Crippen MR) is 126 cm³/mol. The van der Waals surface area contributed by atoms with E-state index in [-0.39, 0.29) is 11.3 Å². The molecule has 0 radical (unpaired) electrons. The molecule has 0 amide bonds. The predicted octanol–water partition coefficient (Wildman–Crippen LogP) is 7.49. The number of aromatic nitrogens is 1. The lowest BCUT2D eigenvalue weighted by molar-refractivity contribution is 0.0694. The van der Waals surface area contributed by atoms with Crippen molar-refractivity contribution in [1.29, 1.82) is 0 Å². The number of phenols is 1. The third-order valence-corrected chi connectivity index (χ3v) is 5.69. The third-order valence-electron chi connectivity index (χ3n) is 3.96. The smallest absolute Gasteiger partial charge is 0.339 e. The highest BCUT2D eigenvalue weighted by Gasteiger charge is 2.17. The lowest BCUT2D eigenvalue weighted by atomic mass is 10.0. The minimum Gasteiger partial charge on any atom is -0.507 e. The van der Waals surface area contributed by atoms with Crippen LogP contribution < -0.4 is 5.32 Å². The average Bonchev–Trinajstić information content (AvgIpc) is 3.08. The summed E-state index contributed by atoms with van der Waals surface area (Å²) >= 11 is 13.7. The number of rotatable bonds is 6. The highest BCUT2D eigenvalue weighted by atomic mass is 35.5. The molecule has 0 aliphatic rings. The van der Waals surface area contributed by atoms with Crippen LogP contribution in [0.4, 0.5) is 10.8 Å². The van der Waals surface area contributed by atoms with Crippen LogP contribution in [-0.2, 0) is 6.42 Å². The quantitative estimate of drug-likeness (QED) is 0.327. The van der Waals surface area contributed by atoms with Crippen LogP contribution in [0.2, 0.25) is 10.0 Å². The first kappa shape index (κ1) is 24.0. The van der Waals surface area contributed by atoms with Crippen molar-refractivity contribution < 1.29 is 15.0 Å². The maximum atomic E-state index is 11.2. The van der Waals surface area contributed by atoms with Gasteiger partial charge in [-0.05, 0) is 42.7 Å². The minimum absolute atomic E-state index is 0.173. The molecule has 2 aromatic carbocycles. The molecule has 1 heterocycles. The lowest BCUT2D eigenvalue weighted by Gasteiger charge is -2.06. The van der Waals surface area contributed by atoms with Gasteiger partial charge in [-0.15, -0.1) is 11.3 Å². The number of hydrogen-bond donors (Lipinski definition) is 3. The number of halogens is 2. The number of carbonyl (C=O) groups is 1. The lowest BCUT2D eigenvalue weighted by Crippen LogP contribution is -1.98. The van der Waals surface area contributed by atoms with Crippen molar-refractivity contribution >= 4 is 51.3 Å². The molecular formula is C22H24Cl2N2O3S. The van der Waals surface area contributed by atoms with E-state index in [1.807, 2.05) is 19.9 Å². The van der Waals surface area contributed by atoms with Gasteiger partial charge >= 0.3 is 5.97 Å². The summed E-state index contributed by atoms with van der Waals surface area (Å²) in [7, 11) is 0. The van der Waals surface area contributed by atoms with Crippen molar-refractivity contribution in [3.05, 3.63) is 56.9 Å². The minimum atomic E-state index is -1.20. The second kappa shape index (κ2) is 10.7. The maximum absolute atomic E-state index is 11.2. The molecular weight excluding hydrogens is 443 g/mol. The number of nitrogens with zero attached hydrogens (tertiary/aromatic N) is 1. The van der Waals surface area contributed by atoms with Gasteiger partial charge in [0.25, 0.3) is 0 Å². The summed E-state index contributed by atoms with van der Waals surface area (Å²) in [6, 6.07) is 9.72. The molecule has 0 saturated heterocycles. The summed E-state index contributed by atoms with van der Waals surface area (Å²) in [5.41, 5.74) is 2.04.